The summed E-state index contributed by atoms with van der Waals surface area (Å²) >= 11 is 3.62. The van der Waals surface area contributed by atoms with Crippen molar-refractivity contribution in [2.24, 2.45) is 12.9 Å². The number of aromatic nitrogens is 2. The summed E-state index contributed by atoms with van der Waals surface area (Å²) in [5, 5.41) is 4.45. The van der Waals surface area contributed by atoms with Gasteiger partial charge in [-0.25, -0.2) is 0 Å². The van der Waals surface area contributed by atoms with Gasteiger partial charge in [0.05, 0.1) is 27.5 Å². The molecule has 3 N–H and O–H groups in total. The van der Waals surface area contributed by atoms with Crippen LogP contribution in [0.25, 0.3) is 0 Å². The minimum Gasteiger partial charge on any atom is -0.381 e. The Bertz CT molecular complexity index is 466. The Labute approximate surface area is 134 Å². The summed E-state index contributed by atoms with van der Waals surface area (Å²) in [6.45, 7) is 6.11. The van der Waals surface area contributed by atoms with E-state index in [0.717, 1.165) is 35.1 Å². The van der Waals surface area contributed by atoms with Gasteiger partial charge in [0.1, 0.15) is 0 Å². The third-order valence-corrected chi connectivity index (χ3v) is 5.30. The zero-order valence-electron chi connectivity index (χ0n) is 13.0. The highest BCUT2D eigenvalue weighted by Crippen LogP contribution is 2.32. The van der Waals surface area contributed by atoms with Crippen molar-refractivity contribution < 1.29 is 9.47 Å². The molecule has 6 nitrogen and oxygen atoms in total. The first-order valence-corrected chi connectivity index (χ1v) is 8.19. The van der Waals surface area contributed by atoms with Gasteiger partial charge in [0.15, 0.2) is 0 Å². The van der Waals surface area contributed by atoms with E-state index < -0.39 is 0 Å². The van der Waals surface area contributed by atoms with Crippen LogP contribution in [0.2, 0.25) is 0 Å². The lowest BCUT2D eigenvalue weighted by Gasteiger charge is -2.42. The smallest absolute Gasteiger partial charge is 0.0895 e. The van der Waals surface area contributed by atoms with Gasteiger partial charge in [-0.15, -0.1) is 0 Å². The standard InChI is InChI=1S/C14H25BrN4O2/c1-4-21-14(5-7-20-8-6-14)12(17-16)9-11-13(15)10(2)18-19(11)3/h12,17H,4-9,16H2,1-3H3. The quantitative estimate of drug-likeness (QED) is 0.593. The molecule has 0 amide bonds. The minimum atomic E-state index is -0.278. The predicted molar refractivity (Wildman–Crippen MR) is 84.9 cm³/mol. The largest absolute Gasteiger partial charge is 0.381 e. The Morgan fingerprint density at radius 3 is 2.67 bits per heavy atom. The molecular weight excluding hydrogens is 336 g/mol. The maximum Gasteiger partial charge on any atom is 0.0895 e. The SMILES string of the molecule is CCOC1(C(Cc2c(Br)c(C)nn2C)NN)CCOCC1. The van der Waals surface area contributed by atoms with Crippen LogP contribution in [0.1, 0.15) is 31.2 Å². The minimum absolute atomic E-state index is 0.0208. The lowest BCUT2D eigenvalue weighted by molar-refractivity contribution is -0.126. The van der Waals surface area contributed by atoms with Crippen LogP contribution in [0.15, 0.2) is 4.47 Å². The molecule has 0 saturated carbocycles. The van der Waals surface area contributed by atoms with Crippen molar-refractivity contribution >= 4 is 15.9 Å². The maximum absolute atomic E-state index is 6.11. The molecule has 1 unspecified atom stereocenters. The van der Waals surface area contributed by atoms with Crippen molar-refractivity contribution in [1.82, 2.24) is 15.2 Å². The van der Waals surface area contributed by atoms with Gasteiger partial charge in [0, 0.05) is 46.1 Å². The number of aryl methyl sites for hydroxylation is 2. The van der Waals surface area contributed by atoms with Crippen LogP contribution in [0, 0.1) is 6.92 Å². The van der Waals surface area contributed by atoms with Crippen LogP contribution in [0.3, 0.4) is 0 Å². The molecule has 0 radical (unpaired) electrons. The summed E-state index contributed by atoms with van der Waals surface area (Å²) in [4.78, 5) is 0. The fraction of sp³-hybridized carbons (Fsp3) is 0.786. The summed E-state index contributed by atoms with van der Waals surface area (Å²) in [6.07, 6.45) is 2.46. The van der Waals surface area contributed by atoms with E-state index in [9.17, 15) is 0 Å². The monoisotopic (exact) mass is 360 g/mol. The summed E-state index contributed by atoms with van der Waals surface area (Å²) in [7, 11) is 1.96. The topological polar surface area (TPSA) is 74.3 Å². The number of hydrogen-bond donors (Lipinski definition) is 2. The first kappa shape index (κ1) is 16.9. The highest BCUT2D eigenvalue weighted by atomic mass is 79.9. The lowest BCUT2D eigenvalue weighted by atomic mass is 9.83. The van der Waals surface area contributed by atoms with Gasteiger partial charge in [-0.05, 0) is 29.8 Å². The van der Waals surface area contributed by atoms with Crippen LogP contribution in [0.4, 0.5) is 0 Å². The number of nitrogens with one attached hydrogen (secondary N) is 1. The first-order chi connectivity index (χ1) is 10.0. The predicted octanol–water partition coefficient (Wildman–Crippen LogP) is 1.45. The second kappa shape index (κ2) is 7.19. The number of rotatable bonds is 6. The molecule has 1 aromatic heterocycles. The molecule has 7 heteroatoms. The molecule has 21 heavy (non-hydrogen) atoms. The van der Waals surface area contributed by atoms with Crippen molar-refractivity contribution in [3.8, 4) is 0 Å². The van der Waals surface area contributed by atoms with E-state index in [1.54, 1.807) is 0 Å². The number of hydrogen-bond acceptors (Lipinski definition) is 5. The van der Waals surface area contributed by atoms with Gasteiger partial charge in [-0.3, -0.25) is 16.0 Å². The van der Waals surface area contributed by atoms with E-state index >= 15 is 0 Å². The van der Waals surface area contributed by atoms with Crippen LogP contribution in [-0.4, -0.2) is 41.2 Å². The van der Waals surface area contributed by atoms with Gasteiger partial charge in [-0.2, -0.15) is 5.10 Å². The lowest BCUT2D eigenvalue weighted by Crippen LogP contribution is -2.58. The van der Waals surface area contributed by atoms with E-state index in [2.05, 4.69) is 26.5 Å². The highest BCUT2D eigenvalue weighted by Gasteiger charge is 2.41. The normalized spacial score (nSPS) is 19.7. The fourth-order valence-electron chi connectivity index (χ4n) is 3.09. The number of nitrogens with two attached hydrogens (primary N) is 1. The molecule has 0 aromatic carbocycles. The van der Waals surface area contributed by atoms with E-state index in [0.29, 0.717) is 19.8 Å². The Balaban J connectivity index is 2.24. The summed E-state index contributed by atoms with van der Waals surface area (Å²) in [5.74, 6) is 5.86. The second-order valence-corrected chi connectivity index (χ2v) is 6.30. The Morgan fingerprint density at radius 1 is 1.52 bits per heavy atom. The molecular formula is C14H25BrN4O2. The van der Waals surface area contributed by atoms with Crippen LogP contribution in [0.5, 0.6) is 0 Å². The number of halogens is 1. The molecule has 2 heterocycles. The molecule has 1 atom stereocenters. The molecule has 1 aliphatic rings. The molecule has 1 aromatic rings. The Hall–Kier alpha value is -0.470. The van der Waals surface area contributed by atoms with Gasteiger partial charge in [0.25, 0.3) is 0 Å². The molecule has 0 bridgehead atoms. The van der Waals surface area contributed by atoms with Crippen LogP contribution >= 0.6 is 15.9 Å². The first-order valence-electron chi connectivity index (χ1n) is 7.40. The van der Waals surface area contributed by atoms with E-state index in [4.69, 9.17) is 15.3 Å². The van der Waals surface area contributed by atoms with Crippen molar-refractivity contribution in [2.45, 2.75) is 44.8 Å². The molecule has 0 spiro atoms. The summed E-state index contributed by atoms with van der Waals surface area (Å²) in [6, 6.07) is 0.0208. The number of ether oxygens (including phenoxy) is 2. The highest BCUT2D eigenvalue weighted by molar-refractivity contribution is 9.10. The third-order valence-electron chi connectivity index (χ3n) is 4.27. The van der Waals surface area contributed by atoms with Gasteiger partial charge in [0.2, 0.25) is 0 Å². The van der Waals surface area contributed by atoms with E-state index in [1.165, 1.54) is 0 Å². The Kier molecular flexibility index (Phi) is 5.79. The molecule has 1 fully saturated rings. The average molecular weight is 361 g/mol. The van der Waals surface area contributed by atoms with Crippen LogP contribution < -0.4 is 11.3 Å². The van der Waals surface area contributed by atoms with Crippen molar-refractivity contribution in [3.63, 3.8) is 0 Å². The van der Waals surface area contributed by atoms with Crippen molar-refractivity contribution in [2.75, 3.05) is 19.8 Å². The van der Waals surface area contributed by atoms with Gasteiger partial charge in [-0.1, -0.05) is 0 Å². The number of nitrogens with zero attached hydrogens (tertiary/aromatic N) is 2. The van der Waals surface area contributed by atoms with Crippen LogP contribution in [-0.2, 0) is 22.9 Å². The molecule has 0 aliphatic carbocycles. The molecule has 2 rings (SSSR count). The second-order valence-electron chi connectivity index (χ2n) is 5.50. The van der Waals surface area contributed by atoms with Crippen molar-refractivity contribution in [3.05, 3.63) is 15.9 Å². The number of hydrazine groups is 1. The third kappa shape index (κ3) is 3.48. The molecule has 1 aliphatic heterocycles. The fourth-order valence-corrected chi connectivity index (χ4v) is 3.59. The zero-order chi connectivity index (χ0) is 15.5. The van der Waals surface area contributed by atoms with Gasteiger partial charge < -0.3 is 9.47 Å². The van der Waals surface area contributed by atoms with E-state index in [1.807, 2.05) is 25.6 Å². The van der Waals surface area contributed by atoms with Crippen molar-refractivity contribution in [1.29, 1.82) is 0 Å². The van der Waals surface area contributed by atoms with Gasteiger partial charge >= 0.3 is 0 Å². The maximum atomic E-state index is 6.11. The average Bonchev–Trinajstić information content (AvgIpc) is 2.71. The zero-order valence-corrected chi connectivity index (χ0v) is 14.6. The molecule has 120 valence electrons. The summed E-state index contributed by atoms with van der Waals surface area (Å²) in [5.41, 5.74) is 4.80. The Morgan fingerprint density at radius 2 is 2.19 bits per heavy atom. The molecule has 1 saturated heterocycles. The van der Waals surface area contributed by atoms with E-state index in [-0.39, 0.29) is 11.6 Å². The summed E-state index contributed by atoms with van der Waals surface area (Å²) < 4.78 is 14.6.